The Morgan fingerprint density at radius 1 is 1.14 bits per heavy atom. The van der Waals surface area contributed by atoms with Gasteiger partial charge in [-0.15, -0.1) is 0 Å². The molecule has 1 heterocycles. The van der Waals surface area contributed by atoms with Crippen molar-refractivity contribution in [3.8, 4) is 11.3 Å². The van der Waals surface area contributed by atoms with Crippen LogP contribution in [0.4, 0.5) is 5.82 Å². The van der Waals surface area contributed by atoms with Crippen LogP contribution in [-0.4, -0.2) is 21.0 Å². The quantitative estimate of drug-likeness (QED) is 0.832. The SMILES string of the molecule is Nc1cc(-c2ccc(Cl)cc2)nn1C1CCCCCC1O. The summed E-state index contributed by atoms with van der Waals surface area (Å²) >= 11 is 5.91. The van der Waals surface area contributed by atoms with Crippen molar-refractivity contribution < 1.29 is 5.11 Å². The van der Waals surface area contributed by atoms with Gasteiger partial charge >= 0.3 is 0 Å². The summed E-state index contributed by atoms with van der Waals surface area (Å²) in [6.45, 7) is 0. The van der Waals surface area contributed by atoms with Crippen molar-refractivity contribution in [2.24, 2.45) is 0 Å². The molecular formula is C16H20ClN3O. The predicted octanol–water partition coefficient (Wildman–Crippen LogP) is 3.65. The highest BCUT2D eigenvalue weighted by Crippen LogP contribution is 2.31. The van der Waals surface area contributed by atoms with E-state index in [0.29, 0.717) is 10.8 Å². The average Bonchev–Trinajstić information content (AvgIpc) is 2.72. The van der Waals surface area contributed by atoms with E-state index in [4.69, 9.17) is 17.3 Å². The predicted molar refractivity (Wildman–Crippen MR) is 85.2 cm³/mol. The van der Waals surface area contributed by atoms with Crippen LogP contribution in [0.25, 0.3) is 11.3 Å². The van der Waals surface area contributed by atoms with Gasteiger partial charge in [-0.3, -0.25) is 0 Å². The van der Waals surface area contributed by atoms with E-state index in [2.05, 4.69) is 5.10 Å². The van der Waals surface area contributed by atoms with E-state index in [1.807, 2.05) is 30.3 Å². The van der Waals surface area contributed by atoms with Gasteiger partial charge in [0.15, 0.2) is 0 Å². The van der Waals surface area contributed by atoms with Crippen molar-refractivity contribution in [3.63, 3.8) is 0 Å². The minimum atomic E-state index is -0.368. The Labute approximate surface area is 129 Å². The number of nitrogens with zero attached hydrogens (tertiary/aromatic N) is 2. The summed E-state index contributed by atoms with van der Waals surface area (Å²) in [5.74, 6) is 0.603. The van der Waals surface area contributed by atoms with Gasteiger partial charge in [-0.25, -0.2) is 4.68 Å². The van der Waals surface area contributed by atoms with Gasteiger partial charge < -0.3 is 10.8 Å². The third kappa shape index (κ3) is 3.06. The molecule has 0 bridgehead atoms. The molecule has 1 aromatic carbocycles. The van der Waals surface area contributed by atoms with Crippen molar-refractivity contribution in [3.05, 3.63) is 35.4 Å². The maximum Gasteiger partial charge on any atom is 0.122 e. The number of rotatable bonds is 2. The normalized spacial score (nSPS) is 23.0. The summed E-state index contributed by atoms with van der Waals surface area (Å²) < 4.78 is 1.79. The number of nitrogens with two attached hydrogens (primary N) is 1. The van der Waals surface area contributed by atoms with E-state index < -0.39 is 0 Å². The van der Waals surface area contributed by atoms with E-state index >= 15 is 0 Å². The minimum absolute atomic E-state index is 0.0199. The Balaban J connectivity index is 1.91. The highest BCUT2D eigenvalue weighted by molar-refractivity contribution is 6.30. The smallest absolute Gasteiger partial charge is 0.122 e. The van der Waals surface area contributed by atoms with E-state index in [0.717, 1.165) is 36.9 Å². The van der Waals surface area contributed by atoms with Gasteiger partial charge in [-0.2, -0.15) is 5.10 Å². The summed E-state index contributed by atoms with van der Waals surface area (Å²) in [6.07, 6.45) is 4.72. The zero-order valence-electron chi connectivity index (χ0n) is 11.9. The number of hydrogen-bond acceptors (Lipinski definition) is 3. The molecule has 4 nitrogen and oxygen atoms in total. The standard InChI is InChI=1S/C16H20ClN3O/c17-12-8-6-11(7-9-12)13-10-16(18)20(19-13)14-4-2-1-3-5-15(14)21/h6-10,14-15,21H,1-5,18H2. The lowest BCUT2D eigenvalue weighted by atomic mass is 10.1. The molecular weight excluding hydrogens is 286 g/mol. The van der Waals surface area contributed by atoms with Crippen LogP contribution in [-0.2, 0) is 0 Å². The first kappa shape index (κ1) is 14.4. The number of hydrogen-bond donors (Lipinski definition) is 2. The van der Waals surface area contributed by atoms with E-state index in [9.17, 15) is 5.11 Å². The fraction of sp³-hybridized carbons (Fsp3) is 0.438. The molecule has 0 aliphatic heterocycles. The molecule has 2 unspecified atom stereocenters. The van der Waals surface area contributed by atoms with Crippen molar-refractivity contribution in [1.82, 2.24) is 9.78 Å². The molecule has 1 saturated carbocycles. The van der Waals surface area contributed by atoms with Gasteiger partial charge in [0.1, 0.15) is 5.82 Å². The Hall–Kier alpha value is -1.52. The summed E-state index contributed by atoms with van der Waals surface area (Å²) in [7, 11) is 0. The minimum Gasteiger partial charge on any atom is -0.391 e. The number of aromatic nitrogens is 2. The topological polar surface area (TPSA) is 64.1 Å². The number of anilines is 1. The van der Waals surface area contributed by atoms with Gasteiger partial charge in [0.05, 0.1) is 17.8 Å². The highest BCUT2D eigenvalue weighted by atomic mass is 35.5. The summed E-state index contributed by atoms with van der Waals surface area (Å²) in [5, 5.41) is 15.6. The van der Waals surface area contributed by atoms with Gasteiger partial charge in [-0.1, -0.05) is 43.0 Å². The Kier molecular flexibility index (Phi) is 4.17. The molecule has 1 fully saturated rings. The van der Waals surface area contributed by atoms with Crippen molar-refractivity contribution >= 4 is 17.4 Å². The Morgan fingerprint density at radius 2 is 1.86 bits per heavy atom. The number of aliphatic hydroxyl groups is 1. The van der Waals surface area contributed by atoms with Gasteiger partial charge in [0.2, 0.25) is 0 Å². The fourth-order valence-corrected chi connectivity index (χ4v) is 3.12. The van der Waals surface area contributed by atoms with Gasteiger partial charge in [0.25, 0.3) is 0 Å². The highest BCUT2D eigenvalue weighted by Gasteiger charge is 2.25. The fourth-order valence-electron chi connectivity index (χ4n) is 2.99. The lowest BCUT2D eigenvalue weighted by Crippen LogP contribution is -2.25. The first-order valence-corrected chi connectivity index (χ1v) is 7.82. The third-order valence-corrected chi connectivity index (χ3v) is 4.41. The van der Waals surface area contributed by atoms with Gasteiger partial charge in [-0.05, 0) is 25.0 Å². The second-order valence-electron chi connectivity index (χ2n) is 5.68. The van der Waals surface area contributed by atoms with Crippen LogP contribution in [0.5, 0.6) is 0 Å². The van der Waals surface area contributed by atoms with Crippen LogP contribution in [0.3, 0.4) is 0 Å². The molecule has 0 saturated heterocycles. The van der Waals surface area contributed by atoms with Crippen LogP contribution >= 0.6 is 11.6 Å². The zero-order valence-corrected chi connectivity index (χ0v) is 12.6. The third-order valence-electron chi connectivity index (χ3n) is 4.16. The molecule has 2 atom stereocenters. The molecule has 5 heteroatoms. The van der Waals surface area contributed by atoms with Crippen molar-refractivity contribution in [2.75, 3.05) is 5.73 Å². The van der Waals surface area contributed by atoms with E-state index in [-0.39, 0.29) is 12.1 Å². The molecule has 3 rings (SSSR count). The molecule has 0 radical (unpaired) electrons. The molecule has 1 aliphatic rings. The molecule has 0 spiro atoms. The zero-order chi connectivity index (χ0) is 14.8. The lowest BCUT2D eigenvalue weighted by Gasteiger charge is -2.21. The largest absolute Gasteiger partial charge is 0.391 e. The lowest BCUT2D eigenvalue weighted by molar-refractivity contribution is 0.100. The second-order valence-corrected chi connectivity index (χ2v) is 6.12. The Bertz CT molecular complexity index is 608. The van der Waals surface area contributed by atoms with Crippen molar-refractivity contribution in [2.45, 2.75) is 44.2 Å². The summed E-state index contributed by atoms with van der Waals surface area (Å²) in [4.78, 5) is 0. The van der Waals surface area contributed by atoms with E-state index in [1.165, 1.54) is 6.42 Å². The van der Waals surface area contributed by atoms with Crippen LogP contribution in [0.2, 0.25) is 5.02 Å². The van der Waals surface area contributed by atoms with E-state index in [1.54, 1.807) is 4.68 Å². The van der Waals surface area contributed by atoms with Crippen LogP contribution in [0, 0.1) is 0 Å². The van der Waals surface area contributed by atoms with Crippen molar-refractivity contribution in [1.29, 1.82) is 0 Å². The van der Waals surface area contributed by atoms with Crippen LogP contribution in [0.1, 0.15) is 38.1 Å². The van der Waals surface area contributed by atoms with Crippen LogP contribution < -0.4 is 5.73 Å². The summed E-state index contributed by atoms with van der Waals surface area (Å²) in [5.41, 5.74) is 7.92. The number of nitrogen functional groups attached to an aromatic ring is 1. The summed E-state index contributed by atoms with van der Waals surface area (Å²) in [6, 6.07) is 9.38. The number of aliphatic hydroxyl groups excluding tert-OH is 1. The average molecular weight is 306 g/mol. The molecule has 1 aliphatic carbocycles. The van der Waals surface area contributed by atoms with Crippen LogP contribution in [0.15, 0.2) is 30.3 Å². The number of benzene rings is 1. The van der Waals surface area contributed by atoms with Gasteiger partial charge in [0, 0.05) is 16.7 Å². The molecule has 21 heavy (non-hydrogen) atoms. The molecule has 2 aromatic rings. The first-order valence-electron chi connectivity index (χ1n) is 7.44. The maximum absolute atomic E-state index is 10.3. The maximum atomic E-state index is 10.3. The molecule has 1 aromatic heterocycles. The second kappa shape index (κ2) is 6.08. The number of halogens is 1. The first-order chi connectivity index (χ1) is 10.1. The molecule has 0 amide bonds. The Morgan fingerprint density at radius 3 is 2.62 bits per heavy atom. The monoisotopic (exact) mass is 305 g/mol. The molecule has 112 valence electrons. The molecule has 3 N–H and O–H groups in total.